The van der Waals surface area contributed by atoms with Gasteiger partial charge in [-0.05, 0) is 50.5 Å². The number of pyridine rings is 2. The van der Waals surface area contributed by atoms with Crippen molar-refractivity contribution < 1.29 is 9.90 Å². The molecule has 7 heteroatoms. The van der Waals surface area contributed by atoms with E-state index in [1.165, 1.54) is 0 Å². The molecule has 1 amide bonds. The van der Waals surface area contributed by atoms with E-state index in [1.54, 1.807) is 23.5 Å². The fourth-order valence-electron chi connectivity index (χ4n) is 3.37. The highest BCUT2D eigenvalue weighted by atomic mass is 16.3. The lowest BCUT2D eigenvalue weighted by Gasteiger charge is -2.29. The van der Waals surface area contributed by atoms with Crippen LogP contribution in [0, 0.1) is 13.8 Å². The van der Waals surface area contributed by atoms with Crippen LogP contribution in [0.25, 0.3) is 22.6 Å². The number of carbonyl (C=O) groups is 1. The van der Waals surface area contributed by atoms with E-state index in [0.29, 0.717) is 31.5 Å². The van der Waals surface area contributed by atoms with Crippen LogP contribution in [0.4, 0.5) is 0 Å². The summed E-state index contributed by atoms with van der Waals surface area (Å²) in [6, 6.07) is 5.70. The van der Waals surface area contributed by atoms with Crippen LogP contribution in [0.15, 0.2) is 36.8 Å². The van der Waals surface area contributed by atoms with Crippen LogP contribution in [0.5, 0.6) is 0 Å². The van der Waals surface area contributed by atoms with Crippen molar-refractivity contribution in [2.24, 2.45) is 0 Å². The Morgan fingerprint density at radius 2 is 1.96 bits per heavy atom. The number of nitrogens with one attached hydrogen (secondary N) is 1. The molecule has 0 saturated carbocycles. The first-order chi connectivity index (χ1) is 13.5. The van der Waals surface area contributed by atoms with Crippen LogP contribution in [0.1, 0.15) is 34.6 Å². The maximum Gasteiger partial charge on any atom is 0.255 e. The number of H-pyrrole nitrogens is 1. The number of aryl methyl sites for hydroxylation is 2. The predicted octanol–water partition coefficient (Wildman–Crippen LogP) is 2.75. The molecule has 0 bridgehead atoms. The molecular weight excluding hydrogens is 354 g/mol. The summed E-state index contributed by atoms with van der Waals surface area (Å²) in [5, 5.41) is 9.65. The second kappa shape index (κ2) is 7.52. The van der Waals surface area contributed by atoms with Gasteiger partial charge >= 0.3 is 0 Å². The summed E-state index contributed by atoms with van der Waals surface area (Å²) < 4.78 is 0. The Kier molecular flexibility index (Phi) is 4.92. The molecule has 0 spiro atoms. The number of aromatic nitrogens is 4. The lowest BCUT2D eigenvalue weighted by molar-refractivity contribution is 0.0546. The monoisotopic (exact) mass is 377 g/mol. The van der Waals surface area contributed by atoms with Gasteiger partial charge in [0.1, 0.15) is 5.69 Å². The van der Waals surface area contributed by atoms with Gasteiger partial charge in [0.15, 0.2) is 5.82 Å². The highest BCUT2D eigenvalue weighted by molar-refractivity contribution is 5.95. The molecule has 1 aliphatic rings. The molecular formula is C21H23N5O2. The lowest BCUT2D eigenvalue weighted by atomic mass is 10.0. The molecule has 0 unspecified atom stereocenters. The molecule has 144 valence electrons. The zero-order valence-electron chi connectivity index (χ0n) is 16.0. The Balaban J connectivity index is 1.61. The third-order valence-electron chi connectivity index (χ3n) is 5.20. The number of aliphatic hydroxyl groups is 1. The van der Waals surface area contributed by atoms with Crippen molar-refractivity contribution in [1.29, 1.82) is 0 Å². The number of aliphatic hydroxyl groups excluding tert-OH is 1. The molecule has 1 aliphatic heterocycles. The van der Waals surface area contributed by atoms with E-state index in [0.717, 1.165) is 34.0 Å². The molecule has 3 aromatic rings. The van der Waals surface area contributed by atoms with E-state index in [4.69, 9.17) is 0 Å². The van der Waals surface area contributed by atoms with E-state index in [-0.39, 0.29) is 12.0 Å². The van der Waals surface area contributed by atoms with Crippen molar-refractivity contribution >= 4 is 5.91 Å². The van der Waals surface area contributed by atoms with Gasteiger partial charge in [0.25, 0.3) is 5.91 Å². The van der Waals surface area contributed by atoms with Gasteiger partial charge in [0, 0.05) is 42.9 Å². The highest BCUT2D eigenvalue weighted by Gasteiger charge is 2.22. The van der Waals surface area contributed by atoms with Crippen molar-refractivity contribution in [3.8, 4) is 22.6 Å². The lowest BCUT2D eigenvalue weighted by Crippen LogP contribution is -2.40. The zero-order chi connectivity index (χ0) is 19.7. The van der Waals surface area contributed by atoms with E-state index in [2.05, 4.69) is 19.9 Å². The molecule has 0 atom stereocenters. The Morgan fingerprint density at radius 1 is 1.18 bits per heavy atom. The van der Waals surface area contributed by atoms with Crippen molar-refractivity contribution in [1.82, 2.24) is 24.8 Å². The molecule has 4 rings (SSSR count). The maximum atomic E-state index is 12.8. The van der Waals surface area contributed by atoms with Crippen LogP contribution in [-0.4, -0.2) is 55.0 Å². The number of rotatable bonds is 3. The third-order valence-corrected chi connectivity index (χ3v) is 5.20. The number of imidazole rings is 1. The van der Waals surface area contributed by atoms with Crippen molar-refractivity contribution in [2.75, 3.05) is 13.1 Å². The van der Waals surface area contributed by atoms with Crippen LogP contribution in [0.3, 0.4) is 0 Å². The van der Waals surface area contributed by atoms with Gasteiger partial charge in [-0.25, -0.2) is 4.98 Å². The quantitative estimate of drug-likeness (QED) is 0.732. The molecule has 2 N–H and O–H groups in total. The van der Waals surface area contributed by atoms with Crippen LogP contribution < -0.4 is 0 Å². The van der Waals surface area contributed by atoms with Crippen molar-refractivity contribution in [3.05, 3.63) is 53.7 Å². The number of aromatic amines is 1. The topological polar surface area (TPSA) is 95.0 Å². The molecule has 0 aliphatic carbocycles. The van der Waals surface area contributed by atoms with E-state index in [9.17, 15) is 9.90 Å². The minimum atomic E-state index is -0.308. The Hall–Kier alpha value is -3.06. The average molecular weight is 377 g/mol. The number of amides is 1. The Bertz CT molecular complexity index is 986. The van der Waals surface area contributed by atoms with Gasteiger partial charge in [-0.15, -0.1) is 0 Å². The van der Waals surface area contributed by atoms with Crippen LogP contribution >= 0.6 is 0 Å². The van der Waals surface area contributed by atoms with E-state index in [1.807, 2.05) is 32.0 Å². The Morgan fingerprint density at radius 3 is 2.68 bits per heavy atom. The summed E-state index contributed by atoms with van der Waals surface area (Å²) in [5.74, 6) is 0.678. The van der Waals surface area contributed by atoms with Gasteiger partial charge in [0.05, 0.1) is 17.4 Å². The summed E-state index contributed by atoms with van der Waals surface area (Å²) in [4.78, 5) is 31.0. The van der Waals surface area contributed by atoms with Gasteiger partial charge in [-0.1, -0.05) is 0 Å². The summed E-state index contributed by atoms with van der Waals surface area (Å²) in [7, 11) is 0. The standard InChI is InChI=1S/C21H23N5O2/c1-13-14(2)25-20(24-13)19-10-15(3-6-23-19)16-9-17(12-22-11-16)21(28)26-7-4-18(27)5-8-26/h3,6,9-12,18,27H,4-5,7-8H2,1-2H3,(H,24,25). The Labute approximate surface area is 163 Å². The number of carbonyl (C=O) groups excluding carboxylic acids is 1. The summed E-state index contributed by atoms with van der Waals surface area (Å²) in [5.41, 5.74) is 5.04. The minimum Gasteiger partial charge on any atom is -0.393 e. The minimum absolute atomic E-state index is 0.0483. The van der Waals surface area contributed by atoms with Crippen LogP contribution in [0.2, 0.25) is 0 Å². The number of hydrogen-bond donors (Lipinski definition) is 2. The second-order valence-electron chi connectivity index (χ2n) is 7.21. The molecule has 0 aromatic carbocycles. The SMILES string of the molecule is Cc1nc(-c2cc(-c3cncc(C(=O)N4CCC(O)CC4)c3)ccn2)[nH]c1C. The summed E-state index contributed by atoms with van der Waals surface area (Å²) >= 11 is 0. The van der Waals surface area contributed by atoms with Crippen LogP contribution in [-0.2, 0) is 0 Å². The number of likely N-dealkylation sites (tertiary alicyclic amines) is 1. The van der Waals surface area contributed by atoms with Gasteiger partial charge in [0.2, 0.25) is 0 Å². The number of nitrogens with zero attached hydrogens (tertiary/aromatic N) is 4. The number of hydrogen-bond acceptors (Lipinski definition) is 5. The average Bonchev–Trinajstić information content (AvgIpc) is 3.07. The zero-order valence-corrected chi connectivity index (χ0v) is 16.0. The molecule has 0 radical (unpaired) electrons. The normalized spacial score (nSPS) is 15.0. The first-order valence-electron chi connectivity index (χ1n) is 9.43. The molecule has 28 heavy (non-hydrogen) atoms. The van der Waals surface area contributed by atoms with E-state index < -0.39 is 0 Å². The first-order valence-corrected chi connectivity index (χ1v) is 9.43. The van der Waals surface area contributed by atoms with Crippen molar-refractivity contribution in [2.45, 2.75) is 32.8 Å². The number of piperidine rings is 1. The highest BCUT2D eigenvalue weighted by Crippen LogP contribution is 2.24. The molecule has 1 fully saturated rings. The van der Waals surface area contributed by atoms with Gasteiger partial charge < -0.3 is 15.0 Å². The van der Waals surface area contributed by atoms with Gasteiger partial charge in [-0.3, -0.25) is 14.8 Å². The third kappa shape index (κ3) is 3.66. The summed E-state index contributed by atoms with van der Waals surface area (Å²) in [6.07, 6.45) is 6.01. The van der Waals surface area contributed by atoms with E-state index >= 15 is 0 Å². The summed E-state index contributed by atoms with van der Waals surface area (Å²) in [6.45, 7) is 5.08. The fourth-order valence-corrected chi connectivity index (χ4v) is 3.37. The van der Waals surface area contributed by atoms with Gasteiger partial charge in [-0.2, -0.15) is 0 Å². The predicted molar refractivity (Wildman–Crippen MR) is 106 cm³/mol. The molecule has 3 aromatic heterocycles. The smallest absolute Gasteiger partial charge is 0.255 e. The largest absolute Gasteiger partial charge is 0.393 e. The molecule has 7 nitrogen and oxygen atoms in total. The molecule has 4 heterocycles. The first kappa shape index (κ1) is 18.3. The second-order valence-corrected chi connectivity index (χ2v) is 7.21. The maximum absolute atomic E-state index is 12.8. The molecule has 1 saturated heterocycles. The van der Waals surface area contributed by atoms with Crippen molar-refractivity contribution in [3.63, 3.8) is 0 Å². The fraction of sp³-hybridized carbons (Fsp3) is 0.333.